The van der Waals surface area contributed by atoms with Gasteiger partial charge in [-0.1, -0.05) is 49.7 Å². The molecule has 0 N–H and O–H groups in total. The van der Waals surface area contributed by atoms with Crippen LogP contribution in [0.25, 0.3) is 22.3 Å². The fraction of sp³-hybridized carbons (Fsp3) is 0.172. The lowest BCUT2D eigenvalue weighted by Crippen LogP contribution is -2.25. The van der Waals surface area contributed by atoms with E-state index in [2.05, 4.69) is 11.7 Å². The van der Waals surface area contributed by atoms with Gasteiger partial charge in [-0.25, -0.2) is 22.0 Å². The van der Waals surface area contributed by atoms with E-state index in [4.69, 9.17) is 0 Å². The van der Waals surface area contributed by atoms with E-state index in [1.54, 1.807) is 6.07 Å². The van der Waals surface area contributed by atoms with Crippen LogP contribution in [0.2, 0.25) is 0 Å². The van der Waals surface area contributed by atoms with Crippen LogP contribution in [0.1, 0.15) is 30.9 Å². The quantitative estimate of drug-likeness (QED) is 0.211. The molecule has 0 spiro atoms. The highest BCUT2D eigenvalue weighted by Gasteiger charge is 2.41. The molecule has 192 valence electrons. The van der Waals surface area contributed by atoms with Crippen molar-refractivity contribution >= 4 is 0 Å². The van der Waals surface area contributed by atoms with E-state index in [9.17, 15) is 30.7 Å². The molecule has 0 aliphatic carbocycles. The summed E-state index contributed by atoms with van der Waals surface area (Å²) in [6.07, 6.45) is -1.57. The number of unbranched alkanes of at least 4 members (excludes halogenated alkanes) is 1. The maximum absolute atomic E-state index is 14.9. The van der Waals surface area contributed by atoms with E-state index in [0.717, 1.165) is 30.4 Å². The minimum absolute atomic E-state index is 0.205. The van der Waals surface area contributed by atoms with E-state index in [1.807, 2.05) is 24.3 Å². The van der Waals surface area contributed by atoms with Crippen LogP contribution in [-0.4, -0.2) is 0 Å². The Morgan fingerprint density at radius 2 is 1.22 bits per heavy atom. The van der Waals surface area contributed by atoms with Gasteiger partial charge in [0.05, 0.1) is 0 Å². The molecule has 0 unspecified atom stereocenters. The fourth-order valence-electron chi connectivity index (χ4n) is 3.97. The summed E-state index contributed by atoms with van der Waals surface area (Å²) in [5.41, 5.74) is 0.125. The molecule has 0 saturated heterocycles. The van der Waals surface area contributed by atoms with Gasteiger partial charge >= 0.3 is 6.11 Å². The second-order valence-corrected chi connectivity index (χ2v) is 8.53. The van der Waals surface area contributed by atoms with Crippen LogP contribution in [0.3, 0.4) is 0 Å². The smallest absolute Gasteiger partial charge is 0.429 e. The number of rotatable bonds is 8. The number of hydrogen-bond acceptors (Lipinski definition) is 1. The number of benzene rings is 4. The Balaban J connectivity index is 1.61. The summed E-state index contributed by atoms with van der Waals surface area (Å²) >= 11 is 0. The lowest BCUT2D eigenvalue weighted by molar-refractivity contribution is -0.189. The summed E-state index contributed by atoms with van der Waals surface area (Å²) in [6, 6.07) is 14.0. The lowest BCUT2D eigenvalue weighted by atomic mass is 9.97. The fourth-order valence-corrected chi connectivity index (χ4v) is 3.97. The first-order chi connectivity index (χ1) is 17.6. The molecule has 0 fully saturated rings. The molecule has 0 bridgehead atoms. The summed E-state index contributed by atoms with van der Waals surface area (Å²) < 4.78 is 104. The first-order valence-corrected chi connectivity index (χ1v) is 11.5. The van der Waals surface area contributed by atoms with Crippen molar-refractivity contribution in [2.45, 2.75) is 32.3 Å². The van der Waals surface area contributed by atoms with Crippen molar-refractivity contribution in [3.05, 3.63) is 113 Å². The summed E-state index contributed by atoms with van der Waals surface area (Å²) in [7, 11) is 0. The number of ether oxygens (including phenoxy) is 1. The molecule has 0 aromatic heterocycles. The maximum Gasteiger partial charge on any atom is 0.432 e. The predicted molar refractivity (Wildman–Crippen MR) is 127 cm³/mol. The van der Waals surface area contributed by atoms with Crippen LogP contribution in [0, 0.1) is 29.1 Å². The third kappa shape index (κ3) is 5.96. The minimum Gasteiger partial charge on any atom is -0.429 e. The van der Waals surface area contributed by atoms with Gasteiger partial charge in [-0.05, 0) is 53.3 Å². The van der Waals surface area contributed by atoms with Gasteiger partial charge in [0.15, 0.2) is 0 Å². The van der Waals surface area contributed by atoms with Gasteiger partial charge in [0.2, 0.25) is 0 Å². The zero-order chi connectivity index (χ0) is 26.7. The number of alkyl halides is 2. The molecule has 0 amide bonds. The highest BCUT2D eigenvalue weighted by molar-refractivity contribution is 5.71. The highest BCUT2D eigenvalue weighted by atomic mass is 19.3. The molecule has 0 aliphatic rings. The average molecular weight is 518 g/mol. The number of aryl methyl sites for hydroxylation is 1. The summed E-state index contributed by atoms with van der Waals surface area (Å²) in [6.45, 7) is 2.10. The van der Waals surface area contributed by atoms with E-state index in [0.29, 0.717) is 35.9 Å². The van der Waals surface area contributed by atoms with E-state index in [1.165, 1.54) is 12.1 Å². The van der Waals surface area contributed by atoms with Crippen molar-refractivity contribution in [3.63, 3.8) is 0 Å². The van der Waals surface area contributed by atoms with Crippen molar-refractivity contribution in [2.24, 2.45) is 0 Å². The Labute approximate surface area is 209 Å². The van der Waals surface area contributed by atoms with Gasteiger partial charge in [0, 0.05) is 23.8 Å². The van der Waals surface area contributed by atoms with Crippen LogP contribution in [0.5, 0.6) is 5.75 Å². The van der Waals surface area contributed by atoms with Crippen molar-refractivity contribution in [2.75, 3.05) is 0 Å². The molecule has 0 radical (unpaired) electrons. The van der Waals surface area contributed by atoms with Crippen molar-refractivity contribution < 1.29 is 35.5 Å². The van der Waals surface area contributed by atoms with Gasteiger partial charge in [0.25, 0.3) is 0 Å². The second-order valence-electron chi connectivity index (χ2n) is 8.53. The van der Waals surface area contributed by atoms with Crippen molar-refractivity contribution in [1.29, 1.82) is 0 Å². The Morgan fingerprint density at radius 1 is 0.649 bits per heavy atom. The third-order valence-corrected chi connectivity index (χ3v) is 5.80. The van der Waals surface area contributed by atoms with Gasteiger partial charge in [-0.15, -0.1) is 0 Å². The molecule has 8 heteroatoms. The summed E-state index contributed by atoms with van der Waals surface area (Å²) in [4.78, 5) is 0. The topological polar surface area (TPSA) is 9.23 Å². The van der Waals surface area contributed by atoms with E-state index >= 15 is 0 Å². The zero-order valence-electron chi connectivity index (χ0n) is 19.6. The Hall–Kier alpha value is -3.81. The Morgan fingerprint density at radius 3 is 1.78 bits per heavy atom. The number of hydrogen-bond donors (Lipinski definition) is 0. The molecule has 0 aliphatic heterocycles. The first-order valence-electron chi connectivity index (χ1n) is 11.5. The minimum atomic E-state index is -4.61. The standard InChI is InChI=1S/C29H21F7O/c1-2-3-4-17-5-7-18(8-6-17)19-9-10-24(25(32)11-19)20-12-26(33)28(27(34)13-20)29(35,36)37-23-15-21(30)14-22(31)16-23/h5-16H,2-4H2,1H3. The normalized spacial score (nSPS) is 11.6. The lowest BCUT2D eigenvalue weighted by Gasteiger charge is -2.20. The SMILES string of the molecule is CCCCc1ccc(-c2ccc(-c3cc(F)c(C(F)(F)Oc4cc(F)cc(F)c4)c(F)c3)c(F)c2)cc1. The van der Waals surface area contributed by atoms with Gasteiger partial charge in [-0.2, -0.15) is 8.78 Å². The molecule has 37 heavy (non-hydrogen) atoms. The Bertz CT molecular complexity index is 1370. The van der Waals surface area contributed by atoms with Crippen molar-refractivity contribution in [3.8, 4) is 28.0 Å². The highest BCUT2D eigenvalue weighted by Crippen LogP contribution is 2.38. The van der Waals surface area contributed by atoms with Crippen LogP contribution in [0.15, 0.2) is 72.8 Å². The van der Waals surface area contributed by atoms with E-state index < -0.39 is 46.5 Å². The molecular formula is C29H21F7O. The van der Waals surface area contributed by atoms with Crippen LogP contribution < -0.4 is 4.74 Å². The zero-order valence-corrected chi connectivity index (χ0v) is 19.6. The van der Waals surface area contributed by atoms with Gasteiger partial charge in [-0.3, -0.25) is 0 Å². The molecular weight excluding hydrogens is 497 g/mol. The molecule has 4 aromatic carbocycles. The summed E-state index contributed by atoms with van der Waals surface area (Å²) in [5, 5.41) is 0. The van der Waals surface area contributed by atoms with E-state index in [-0.39, 0.29) is 11.1 Å². The van der Waals surface area contributed by atoms with Crippen LogP contribution in [-0.2, 0) is 12.5 Å². The third-order valence-electron chi connectivity index (χ3n) is 5.80. The van der Waals surface area contributed by atoms with Crippen molar-refractivity contribution in [1.82, 2.24) is 0 Å². The molecule has 0 heterocycles. The van der Waals surface area contributed by atoms with Crippen LogP contribution >= 0.6 is 0 Å². The van der Waals surface area contributed by atoms with Crippen LogP contribution in [0.4, 0.5) is 30.7 Å². The largest absolute Gasteiger partial charge is 0.432 e. The van der Waals surface area contributed by atoms with Gasteiger partial charge in [0.1, 0.15) is 40.4 Å². The molecule has 0 atom stereocenters. The molecule has 1 nitrogen and oxygen atoms in total. The maximum atomic E-state index is 14.9. The molecule has 4 rings (SSSR count). The Kier molecular flexibility index (Phi) is 7.57. The van der Waals surface area contributed by atoms with Gasteiger partial charge < -0.3 is 4.74 Å². The second kappa shape index (κ2) is 10.7. The summed E-state index contributed by atoms with van der Waals surface area (Å²) in [5.74, 6) is -7.64. The monoisotopic (exact) mass is 518 g/mol. The average Bonchev–Trinajstić information content (AvgIpc) is 2.81. The molecule has 4 aromatic rings. The number of halogens is 7. The molecule has 0 saturated carbocycles. The first kappa shape index (κ1) is 26.3. The predicted octanol–water partition coefficient (Wildman–Crippen LogP) is 9.19.